The second-order valence-electron chi connectivity index (χ2n) is 8.28. The molecule has 1 N–H and O–H groups in total. The van der Waals surface area contributed by atoms with Crippen molar-refractivity contribution in [3.05, 3.63) is 18.2 Å². The van der Waals surface area contributed by atoms with E-state index < -0.39 is 10.0 Å². The van der Waals surface area contributed by atoms with Gasteiger partial charge in [0, 0.05) is 51.6 Å². The number of sulfonamides is 1. The minimum Gasteiger partial charge on any atom is -0.493 e. The molecule has 0 spiro atoms. The number of nitrogens with one attached hydrogen (secondary N) is 1. The predicted molar refractivity (Wildman–Crippen MR) is 119 cm³/mol. The third-order valence-corrected chi connectivity index (χ3v) is 7.68. The van der Waals surface area contributed by atoms with Crippen molar-refractivity contribution in [1.29, 1.82) is 0 Å². The Morgan fingerprint density at radius 2 is 1.56 bits per heavy atom. The number of nitrogens with zero attached hydrogens (tertiary/aromatic N) is 2. The van der Waals surface area contributed by atoms with Gasteiger partial charge in [-0.25, -0.2) is 13.1 Å². The molecule has 1 aromatic carbocycles. The summed E-state index contributed by atoms with van der Waals surface area (Å²) in [5.41, 5.74) is 0. The monoisotopic (exact) mass is 467 g/mol. The first-order valence-electron chi connectivity index (χ1n) is 11.1. The van der Waals surface area contributed by atoms with Gasteiger partial charge in [0.05, 0.1) is 19.1 Å². The Morgan fingerprint density at radius 3 is 2.16 bits per heavy atom. The van der Waals surface area contributed by atoms with E-state index in [1.165, 1.54) is 45.3 Å². The van der Waals surface area contributed by atoms with Gasteiger partial charge in [-0.1, -0.05) is 12.8 Å². The summed E-state index contributed by atoms with van der Waals surface area (Å²) in [5, 5.41) is 0. The Hall–Kier alpha value is -2.33. The zero-order valence-electron chi connectivity index (χ0n) is 18.8. The fraction of sp³-hybridized carbons (Fsp3) is 0.636. The lowest BCUT2D eigenvalue weighted by molar-refractivity contribution is -0.140. The predicted octanol–water partition coefficient (Wildman–Crippen LogP) is 1.62. The van der Waals surface area contributed by atoms with Gasteiger partial charge in [-0.15, -0.1) is 0 Å². The first-order valence-corrected chi connectivity index (χ1v) is 12.6. The maximum atomic E-state index is 12.5. The van der Waals surface area contributed by atoms with Crippen molar-refractivity contribution < 1.29 is 27.5 Å². The number of hydrogen-bond acceptors (Lipinski definition) is 6. The third kappa shape index (κ3) is 6.13. The van der Waals surface area contributed by atoms with E-state index in [2.05, 4.69) is 4.72 Å². The lowest BCUT2D eigenvalue weighted by Crippen LogP contribution is -2.51. The Bertz CT molecular complexity index is 906. The van der Waals surface area contributed by atoms with Gasteiger partial charge in [0.1, 0.15) is 0 Å². The number of amides is 2. The molecule has 0 bridgehead atoms. The van der Waals surface area contributed by atoms with E-state index in [4.69, 9.17) is 9.47 Å². The van der Waals surface area contributed by atoms with Crippen LogP contribution in [0.3, 0.4) is 0 Å². The van der Waals surface area contributed by atoms with E-state index in [1.54, 1.807) is 4.90 Å². The molecule has 0 radical (unpaired) electrons. The average molecular weight is 468 g/mol. The Balaban J connectivity index is 1.43. The van der Waals surface area contributed by atoms with Crippen LogP contribution in [-0.2, 0) is 19.6 Å². The van der Waals surface area contributed by atoms with E-state index in [1.807, 2.05) is 4.90 Å². The average Bonchev–Trinajstić information content (AvgIpc) is 3.31. The first-order chi connectivity index (χ1) is 15.3. The number of ether oxygens (including phenoxy) is 2. The molecule has 32 heavy (non-hydrogen) atoms. The van der Waals surface area contributed by atoms with Gasteiger partial charge in [-0.3, -0.25) is 9.59 Å². The van der Waals surface area contributed by atoms with E-state index in [0.29, 0.717) is 50.0 Å². The van der Waals surface area contributed by atoms with E-state index in [-0.39, 0.29) is 29.7 Å². The quantitative estimate of drug-likeness (QED) is 0.592. The molecule has 10 heteroatoms. The molecule has 1 aromatic rings. The zero-order chi connectivity index (χ0) is 23.1. The molecule has 3 rings (SSSR count). The molecule has 0 aromatic heterocycles. The van der Waals surface area contributed by atoms with Crippen LogP contribution in [0.4, 0.5) is 0 Å². The van der Waals surface area contributed by atoms with Crippen LogP contribution in [0.2, 0.25) is 0 Å². The van der Waals surface area contributed by atoms with Crippen LogP contribution in [0, 0.1) is 5.92 Å². The number of hydrogen-bond donors (Lipinski definition) is 1. The maximum absolute atomic E-state index is 12.5. The summed E-state index contributed by atoms with van der Waals surface area (Å²) in [5.74, 6) is 1.32. The molecule has 9 nitrogen and oxygen atoms in total. The van der Waals surface area contributed by atoms with Gasteiger partial charge in [-0.2, -0.15) is 0 Å². The Labute approximate surface area is 190 Å². The molecule has 1 heterocycles. The molecule has 1 aliphatic heterocycles. The normalized spacial score (nSPS) is 17.4. The summed E-state index contributed by atoms with van der Waals surface area (Å²) < 4.78 is 37.8. The highest BCUT2D eigenvalue weighted by Crippen LogP contribution is 2.29. The fourth-order valence-electron chi connectivity index (χ4n) is 4.31. The molecule has 1 saturated carbocycles. The first kappa shape index (κ1) is 24.3. The van der Waals surface area contributed by atoms with Crippen molar-refractivity contribution >= 4 is 21.8 Å². The lowest BCUT2D eigenvalue weighted by atomic mass is 10.0. The second-order valence-corrected chi connectivity index (χ2v) is 10.0. The number of carbonyl (C=O) groups excluding carboxylic acids is 2. The van der Waals surface area contributed by atoms with Crippen LogP contribution >= 0.6 is 0 Å². The van der Waals surface area contributed by atoms with E-state index in [9.17, 15) is 18.0 Å². The van der Waals surface area contributed by atoms with Crippen LogP contribution < -0.4 is 14.2 Å². The van der Waals surface area contributed by atoms with Crippen molar-refractivity contribution in [3.8, 4) is 11.5 Å². The van der Waals surface area contributed by atoms with Crippen molar-refractivity contribution in [2.24, 2.45) is 5.92 Å². The minimum absolute atomic E-state index is 0.00363. The van der Waals surface area contributed by atoms with Gasteiger partial charge in [0.15, 0.2) is 11.5 Å². The summed E-state index contributed by atoms with van der Waals surface area (Å²) in [6.45, 7) is 2.04. The summed E-state index contributed by atoms with van der Waals surface area (Å²) in [6.07, 6.45) is 5.40. The largest absolute Gasteiger partial charge is 0.493 e. The van der Waals surface area contributed by atoms with Gasteiger partial charge < -0.3 is 19.3 Å². The number of rotatable bonds is 9. The van der Waals surface area contributed by atoms with Crippen LogP contribution in [0.5, 0.6) is 11.5 Å². The second kappa shape index (κ2) is 11.0. The summed E-state index contributed by atoms with van der Waals surface area (Å²) >= 11 is 0. The smallest absolute Gasteiger partial charge is 0.240 e. The molecule has 178 valence electrons. The molecular weight excluding hydrogens is 434 g/mol. The fourth-order valence-corrected chi connectivity index (χ4v) is 5.36. The van der Waals surface area contributed by atoms with Gasteiger partial charge in [-0.05, 0) is 30.9 Å². The van der Waals surface area contributed by atoms with Crippen LogP contribution in [0.25, 0.3) is 0 Å². The Kier molecular flexibility index (Phi) is 8.36. The van der Waals surface area contributed by atoms with Gasteiger partial charge in [0.2, 0.25) is 21.8 Å². The van der Waals surface area contributed by atoms with Crippen molar-refractivity contribution in [3.63, 3.8) is 0 Å². The van der Waals surface area contributed by atoms with Crippen LogP contribution in [0.15, 0.2) is 23.1 Å². The maximum Gasteiger partial charge on any atom is 0.240 e. The number of benzene rings is 1. The zero-order valence-corrected chi connectivity index (χ0v) is 19.7. The van der Waals surface area contributed by atoms with Crippen LogP contribution in [0.1, 0.15) is 38.5 Å². The SMILES string of the molecule is COc1ccc(S(=O)(=O)NCCC(=O)N2CCN(C(=O)CC3CCCC3)CC2)cc1OC. The van der Waals surface area contributed by atoms with Crippen molar-refractivity contribution in [1.82, 2.24) is 14.5 Å². The number of carbonyl (C=O) groups is 2. The molecule has 0 unspecified atom stereocenters. The number of methoxy groups -OCH3 is 2. The standard InChI is InChI=1S/C22H33N3O6S/c1-30-19-8-7-18(16-20(19)31-2)32(28,29)23-10-9-21(26)24-11-13-25(14-12-24)22(27)15-17-5-3-4-6-17/h7-8,16-17,23H,3-6,9-15H2,1-2H3. The summed E-state index contributed by atoms with van der Waals surface area (Å²) in [7, 11) is -0.879. The van der Waals surface area contributed by atoms with Crippen LogP contribution in [-0.4, -0.2) is 77.0 Å². The minimum atomic E-state index is -3.79. The van der Waals surface area contributed by atoms with Crippen molar-refractivity contribution in [2.75, 3.05) is 46.9 Å². The summed E-state index contributed by atoms with van der Waals surface area (Å²) in [6, 6.07) is 4.32. The van der Waals surface area contributed by atoms with E-state index >= 15 is 0 Å². The molecule has 0 atom stereocenters. The van der Waals surface area contributed by atoms with Gasteiger partial charge in [0.25, 0.3) is 0 Å². The highest BCUT2D eigenvalue weighted by Gasteiger charge is 2.27. The molecule has 2 aliphatic rings. The highest BCUT2D eigenvalue weighted by molar-refractivity contribution is 7.89. The third-order valence-electron chi connectivity index (χ3n) is 6.22. The van der Waals surface area contributed by atoms with Gasteiger partial charge >= 0.3 is 0 Å². The van der Waals surface area contributed by atoms with Crippen molar-refractivity contribution in [2.45, 2.75) is 43.4 Å². The molecule has 1 saturated heterocycles. The molecule has 2 fully saturated rings. The molecule has 1 aliphatic carbocycles. The van der Waals surface area contributed by atoms with E-state index in [0.717, 1.165) is 12.8 Å². The summed E-state index contributed by atoms with van der Waals surface area (Å²) in [4.78, 5) is 28.6. The highest BCUT2D eigenvalue weighted by atomic mass is 32.2. The Morgan fingerprint density at radius 1 is 0.969 bits per heavy atom. The lowest BCUT2D eigenvalue weighted by Gasteiger charge is -2.35. The molecular formula is C22H33N3O6S. The molecule has 2 amide bonds. The topological polar surface area (TPSA) is 105 Å². The number of piperazine rings is 1.